The zero-order valence-corrected chi connectivity index (χ0v) is 14.7. The largest absolute Gasteiger partial charge is 0.469 e. The van der Waals surface area contributed by atoms with Gasteiger partial charge in [-0.05, 0) is 30.7 Å². The lowest BCUT2D eigenvalue weighted by Crippen LogP contribution is -2.41. The van der Waals surface area contributed by atoms with Gasteiger partial charge in [0.15, 0.2) is 5.75 Å². The van der Waals surface area contributed by atoms with Gasteiger partial charge in [0.2, 0.25) is 5.91 Å². The van der Waals surface area contributed by atoms with Crippen molar-refractivity contribution in [2.75, 3.05) is 18.2 Å². The van der Waals surface area contributed by atoms with E-state index in [1.807, 2.05) is 18.2 Å². The number of nitrogen functional groups attached to an aromatic ring is 1. The van der Waals surface area contributed by atoms with E-state index in [0.29, 0.717) is 11.5 Å². The first kappa shape index (κ1) is 18.2. The van der Waals surface area contributed by atoms with E-state index in [-0.39, 0.29) is 29.8 Å². The minimum atomic E-state index is -0.858. The Morgan fingerprint density at radius 2 is 1.93 bits per heavy atom. The lowest BCUT2D eigenvalue weighted by Gasteiger charge is -2.13. The number of esters is 1. The highest BCUT2D eigenvalue weighted by atomic mass is 16.5. The highest BCUT2D eigenvalue weighted by Gasteiger charge is 2.29. The highest BCUT2D eigenvalue weighted by molar-refractivity contribution is 6.10. The van der Waals surface area contributed by atoms with E-state index in [2.05, 4.69) is 15.4 Å². The van der Waals surface area contributed by atoms with Crippen LogP contribution in [0.25, 0.3) is 0 Å². The monoisotopic (exact) mass is 369 g/mol. The molecule has 8 nitrogen and oxygen atoms in total. The van der Waals surface area contributed by atoms with Crippen LogP contribution in [-0.4, -0.2) is 30.9 Å². The van der Waals surface area contributed by atoms with Gasteiger partial charge in [-0.2, -0.15) is 0 Å². The minimum absolute atomic E-state index is 0.00964. The number of nitrogens with two attached hydrogens (primary N) is 1. The van der Waals surface area contributed by atoms with E-state index in [9.17, 15) is 14.4 Å². The van der Waals surface area contributed by atoms with Gasteiger partial charge in [0.1, 0.15) is 11.8 Å². The summed E-state index contributed by atoms with van der Waals surface area (Å²) in [5.74, 6) is -0.476. The van der Waals surface area contributed by atoms with E-state index < -0.39 is 23.8 Å². The third-order valence-electron chi connectivity index (χ3n) is 4.11. The van der Waals surface area contributed by atoms with Crippen molar-refractivity contribution in [1.82, 2.24) is 5.32 Å². The quantitative estimate of drug-likeness (QED) is 0.548. The predicted molar refractivity (Wildman–Crippen MR) is 98.5 cm³/mol. The van der Waals surface area contributed by atoms with Crippen LogP contribution in [0.15, 0.2) is 42.5 Å². The van der Waals surface area contributed by atoms with Crippen molar-refractivity contribution in [3.8, 4) is 11.5 Å². The van der Waals surface area contributed by atoms with E-state index in [4.69, 9.17) is 10.5 Å². The summed E-state index contributed by atoms with van der Waals surface area (Å²) in [5.41, 5.74) is 6.81. The molecule has 1 heterocycles. The second kappa shape index (κ2) is 7.77. The summed E-state index contributed by atoms with van der Waals surface area (Å²) in [5, 5.41) is 5.29. The van der Waals surface area contributed by atoms with Crippen LogP contribution >= 0.6 is 0 Å². The van der Waals surface area contributed by atoms with Crippen LogP contribution in [0.2, 0.25) is 0 Å². The van der Waals surface area contributed by atoms with Gasteiger partial charge in [-0.3, -0.25) is 14.4 Å². The fourth-order valence-electron chi connectivity index (χ4n) is 2.68. The molecule has 0 aliphatic carbocycles. The summed E-state index contributed by atoms with van der Waals surface area (Å²) < 4.78 is 10.3. The SMILES string of the molecule is COC(=O)CC[C@H]1NC(=O)c2cc(Oc3ccccc3)c(N)cc2NC1=O. The van der Waals surface area contributed by atoms with Gasteiger partial charge in [-0.1, -0.05) is 18.2 Å². The Hall–Kier alpha value is -3.55. The molecule has 140 valence electrons. The zero-order chi connectivity index (χ0) is 19.4. The molecular weight excluding hydrogens is 350 g/mol. The summed E-state index contributed by atoms with van der Waals surface area (Å²) >= 11 is 0. The lowest BCUT2D eigenvalue weighted by atomic mass is 10.1. The molecule has 0 unspecified atom stereocenters. The number of hydrogen-bond donors (Lipinski definition) is 3. The Morgan fingerprint density at radius 3 is 2.63 bits per heavy atom. The topological polar surface area (TPSA) is 120 Å². The molecule has 1 aliphatic rings. The molecule has 0 fully saturated rings. The minimum Gasteiger partial charge on any atom is -0.469 e. The van der Waals surface area contributed by atoms with Crippen LogP contribution in [0, 0.1) is 0 Å². The molecular formula is C19H19N3O5. The van der Waals surface area contributed by atoms with Gasteiger partial charge in [0, 0.05) is 6.42 Å². The molecule has 2 aromatic carbocycles. The van der Waals surface area contributed by atoms with Crippen LogP contribution in [0.3, 0.4) is 0 Å². The molecule has 0 aromatic heterocycles. The van der Waals surface area contributed by atoms with E-state index >= 15 is 0 Å². The van der Waals surface area contributed by atoms with E-state index in [1.165, 1.54) is 19.2 Å². The molecule has 8 heteroatoms. The summed E-state index contributed by atoms with van der Waals surface area (Å²) in [6.45, 7) is 0. The number of anilines is 2. The molecule has 1 atom stereocenters. The number of carbonyl (C=O) groups is 3. The number of para-hydroxylation sites is 1. The maximum absolute atomic E-state index is 12.6. The van der Waals surface area contributed by atoms with Crippen molar-refractivity contribution in [3.63, 3.8) is 0 Å². The van der Waals surface area contributed by atoms with Crippen LogP contribution in [-0.2, 0) is 14.3 Å². The highest BCUT2D eigenvalue weighted by Crippen LogP contribution is 2.33. The molecule has 2 aromatic rings. The Kier molecular flexibility index (Phi) is 5.25. The van der Waals surface area contributed by atoms with Crippen LogP contribution < -0.4 is 21.1 Å². The van der Waals surface area contributed by atoms with Gasteiger partial charge in [0.25, 0.3) is 5.91 Å². The van der Waals surface area contributed by atoms with Gasteiger partial charge in [0.05, 0.1) is 24.0 Å². The van der Waals surface area contributed by atoms with E-state index in [0.717, 1.165) is 0 Å². The number of fused-ring (bicyclic) bond motifs is 1. The molecule has 27 heavy (non-hydrogen) atoms. The smallest absolute Gasteiger partial charge is 0.305 e. The van der Waals surface area contributed by atoms with Gasteiger partial charge < -0.3 is 25.8 Å². The summed E-state index contributed by atoms with van der Waals surface area (Å²) in [6.07, 6.45) is 0.136. The number of nitrogens with one attached hydrogen (secondary N) is 2. The molecule has 3 rings (SSSR count). The van der Waals surface area contributed by atoms with Crippen LogP contribution in [0.4, 0.5) is 11.4 Å². The molecule has 0 radical (unpaired) electrons. The van der Waals surface area contributed by atoms with Gasteiger partial charge in [-0.15, -0.1) is 0 Å². The first-order valence-electron chi connectivity index (χ1n) is 8.33. The number of benzene rings is 2. The van der Waals surface area contributed by atoms with Crippen molar-refractivity contribution in [2.45, 2.75) is 18.9 Å². The first-order chi connectivity index (χ1) is 13.0. The Balaban J connectivity index is 1.84. The summed E-state index contributed by atoms with van der Waals surface area (Å²) in [4.78, 5) is 36.2. The van der Waals surface area contributed by atoms with Crippen molar-refractivity contribution in [2.24, 2.45) is 0 Å². The maximum Gasteiger partial charge on any atom is 0.305 e. The zero-order valence-electron chi connectivity index (χ0n) is 14.7. The fraction of sp³-hybridized carbons (Fsp3) is 0.211. The molecule has 4 N–H and O–H groups in total. The summed E-state index contributed by atoms with van der Waals surface area (Å²) in [7, 11) is 1.26. The third kappa shape index (κ3) is 4.17. The normalized spacial score (nSPS) is 15.8. The molecule has 0 spiro atoms. The first-order valence-corrected chi connectivity index (χ1v) is 8.33. The average Bonchev–Trinajstić information content (AvgIpc) is 2.77. The second-order valence-electron chi connectivity index (χ2n) is 5.98. The van der Waals surface area contributed by atoms with Crippen molar-refractivity contribution in [3.05, 3.63) is 48.0 Å². The number of ether oxygens (including phenoxy) is 2. The van der Waals surface area contributed by atoms with Crippen molar-refractivity contribution in [1.29, 1.82) is 0 Å². The lowest BCUT2D eigenvalue weighted by molar-refractivity contribution is -0.140. The van der Waals surface area contributed by atoms with Gasteiger partial charge in [-0.25, -0.2) is 0 Å². The second-order valence-corrected chi connectivity index (χ2v) is 5.98. The molecule has 0 bridgehead atoms. The van der Waals surface area contributed by atoms with Crippen molar-refractivity contribution >= 4 is 29.2 Å². The standard InChI is InChI=1S/C19H19N3O5/c1-26-17(23)8-7-14-19(25)22-15-10-13(20)16(9-12(15)18(24)21-14)27-11-5-3-2-4-6-11/h2-6,9-10,14H,7-8,20H2,1H3,(H,21,24)(H,22,25)/t14-/m1/s1. The summed E-state index contributed by atoms with van der Waals surface area (Å²) in [6, 6.07) is 11.1. The Morgan fingerprint density at radius 1 is 1.19 bits per heavy atom. The molecule has 0 saturated carbocycles. The fourth-order valence-corrected chi connectivity index (χ4v) is 2.68. The molecule has 2 amide bonds. The number of hydrogen-bond acceptors (Lipinski definition) is 6. The number of amides is 2. The molecule has 0 saturated heterocycles. The predicted octanol–water partition coefficient (Wildman–Crippen LogP) is 2.06. The Bertz CT molecular complexity index is 882. The third-order valence-corrected chi connectivity index (χ3v) is 4.11. The Labute approximate surface area is 155 Å². The number of methoxy groups -OCH3 is 1. The van der Waals surface area contributed by atoms with Crippen LogP contribution in [0.5, 0.6) is 11.5 Å². The van der Waals surface area contributed by atoms with Crippen LogP contribution in [0.1, 0.15) is 23.2 Å². The van der Waals surface area contributed by atoms with Crippen molar-refractivity contribution < 1.29 is 23.9 Å². The number of rotatable bonds is 5. The van der Waals surface area contributed by atoms with Gasteiger partial charge >= 0.3 is 5.97 Å². The van der Waals surface area contributed by atoms with E-state index in [1.54, 1.807) is 12.1 Å². The number of carbonyl (C=O) groups excluding carboxylic acids is 3. The maximum atomic E-state index is 12.6. The average molecular weight is 369 g/mol. The molecule has 1 aliphatic heterocycles.